The summed E-state index contributed by atoms with van der Waals surface area (Å²) in [5.41, 5.74) is 7.26. The molecule has 194 valence electrons. The smallest absolute Gasteiger partial charge is 0.176 e. The van der Waals surface area contributed by atoms with Crippen LogP contribution in [-0.2, 0) is 0 Å². The van der Waals surface area contributed by atoms with Crippen LogP contribution in [0.25, 0.3) is 5.69 Å². The normalized spacial score (nSPS) is 11.0. The summed E-state index contributed by atoms with van der Waals surface area (Å²) in [6.45, 7) is 2.06. The molecule has 6 aromatic rings. The van der Waals surface area contributed by atoms with Crippen molar-refractivity contribution in [3.05, 3.63) is 163 Å². The van der Waals surface area contributed by atoms with Crippen LogP contribution in [0.5, 0.6) is 0 Å². The predicted molar refractivity (Wildman–Crippen MR) is 166 cm³/mol. The van der Waals surface area contributed by atoms with E-state index in [4.69, 9.17) is 10.2 Å². The molecule has 1 heterocycles. The van der Waals surface area contributed by atoms with Gasteiger partial charge in [-0.1, -0.05) is 84.9 Å². The van der Waals surface area contributed by atoms with Gasteiger partial charge in [0.25, 0.3) is 0 Å². The van der Waals surface area contributed by atoms with Crippen LogP contribution in [0.3, 0.4) is 0 Å². The second-order valence-corrected chi connectivity index (χ2v) is 9.38. The van der Waals surface area contributed by atoms with Gasteiger partial charge in [0.15, 0.2) is 5.82 Å². The Kier molecular flexibility index (Phi) is 7.18. The van der Waals surface area contributed by atoms with Gasteiger partial charge in [0.05, 0.1) is 17.6 Å². The van der Waals surface area contributed by atoms with Gasteiger partial charge in [0.1, 0.15) is 0 Å². The van der Waals surface area contributed by atoms with Gasteiger partial charge >= 0.3 is 0 Å². The van der Waals surface area contributed by atoms with E-state index in [1.54, 1.807) is 0 Å². The molecule has 6 rings (SSSR count). The minimum atomic E-state index is 0.750. The van der Waals surface area contributed by atoms with E-state index in [2.05, 4.69) is 103 Å². The molecule has 0 radical (unpaired) electrons. The van der Waals surface area contributed by atoms with Gasteiger partial charge < -0.3 is 4.90 Å². The highest BCUT2D eigenvalue weighted by molar-refractivity contribution is 5.84. The van der Waals surface area contributed by atoms with Gasteiger partial charge in [-0.2, -0.15) is 5.10 Å². The summed E-state index contributed by atoms with van der Waals surface area (Å²) in [4.78, 5) is 2.25. The zero-order valence-corrected chi connectivity index (χ0v) is 22.2. The largest absolute Gasteiger partial charge is 0.311 e. The molecule has 0 aliphatic heterocycles. The molecule has 0 bridgehead atoms. The van der Waals surface area contributed by atoms with Crippen molar-refractivity contribution in [2.24, 2.45) is 5.10 Å². The molecule has 40 heavy (non-hydrogen) atoms. The van der Waals surface area contributed by atoms with Gasteiger partial charge in [-0.25, -0.2) is 9.69 Å². The molecule has 0 saturated carbocycles. The average Bonchev–Trinajstić information content (AvgIpc) is 3.41. The number of hydrogen-bond acceptors (Lipinski definition) is 4. The number of aryl methyl sites for hydroxylation is 1. The van der Waals surface area contributed by atoms with E-state index in [1.165, 1.54) is 0 Å². The number of hydrogen-bond donors (Lipinski definition) is 0. The van der Waals surface area contributed by atoms with Gasteiger partial charge in [-0.05, 0) is 73.2 Å². The number of rotatable bonds is 8. The molecule has 0 saturated heterocycles. The van der Waals surface area contributed by atoms with Crippen LogP contribution < -0.4 is 9.91 Å². The highest BCUT2D eigenvalue weighted by Gasteiger charge is 2.15. The highest BCUT2D eigenvalue weighted by atomic mass is 15.5. The Bertz CT molecular complexity index is 1640. The molecule has 5 aromatic carbocycles. The summed E-state index contributed by atoms with van der Waals surface area (Å²) in [6.07, 6.45) is 1.88. The lowest BCUT2D eigenvalue weighted by molar-refractivity contribution is 0.836. The fourth-order valence-electron chi connectivity index (χ4n) is 4.65. The van der Waals surface area contributed by atoms with Gasteiger partial charge in [-0.3, -0.25) is 0 Å². The van der Waals surface area contributed by atoms with Crippen molar-refractivity contribution < 1.29 is 0 Å². The Hall–Kier alpha value is -5.42. The minimum absolute atomic E-state index is 0.750. The molecule has 0 N–H and O–H groups in total. The quantitative estimate of drug-likeness (QED) is 0.149. The topological polar surface area (TPSA) is 36.7 Å². The van der Waals surface area contributed by atoms with E-state index in [0.717, 1.165) is 45.5 Å². The monoisotopic (exact) mass is 519 g/mol. The number of nitrogens with zero attached hydrogens (tertiary/aromatic N) is 5. The van der Waals surface area contributed by atoms with Crippen molar-refractivity contribution in [3.63, 3.8) is 0 Å². The van der Waals surface area contributed by atoms with E-state index in [0.29, 0.717) is 0 Å². The van der Waals surface area contributed by atoms with Crippen molar-refractivity contribution in [3.8, 4) is 5.69 Å². The number of aromatic nitrogens is 2. The first-order chi connectivity index (χ1) is 19.8. The number of hydrazone groups is 1. The summed E-state index contributed by atoms with van der Waals surface area (Å²) >= 11 is 0. The molecule has 0 unspecified atom stereocenters. The summed E-state index contributed by atoms with van der Waals surface area (Å²) in [6, 6.07) is 51.5. The van der Waals surface area contributed by atoms with E-state index in [-0.39, 0.29) is 0 Å². The molecule has 0 amide bonds. The van der Waals surface area contributed by atoms with Crippen molar-refractivity contribution in [2.45, 2.75) is 6.92 Å². The molecule has 0 aliphatic rings. The Morgan fingerprint density at radius 2 is 1.05 bits per heavy atom. The first kappa shape index (κ1) is 24.9. The standard InChI is InChI=1S/C35H29N5/c1-28-26-35(37-39(28)33-18-10-4-11-19-33)40(34-20-12-5-13-21-34)36-27-29-22-24-32(25-23-29)38(30-14-6-2-7-15-30)31-16-8-3-9-17-31/h2-27H,1H3. The SMILES string of the molecule is Cc1cc(N(N=Cc2ccc(N(c3ccccc3)c3ccccc3)cc2)c2ccccc2)nn1-c1ccccc1. The Labute approximate surface area is 234 Å². The molecule has 5 heteroatoms. The lowest BCUT2D eigenvalue weighted by Gasteiger charge is -2.25. The summed E-state index contributed by atoms with van der Waals surface area (Å²) in [7, 11) is 0. The fraction of sp³-hybridized carbons (Fsp3) is 0.0286. The molecular formula is C35H29N5. The molecule has 0 atom stereocenters. The Balaban J connectivity index is 1.32. The van der Waals surface area contributed by atoms with Crippen molar-refractivity contribution in [2.75, 3.05) is 9.91 Å². The highest BCUT2D eigenvalue weighted by Crippen LogP contribution is 2.34. The average molecular weight is 520 g/mol. The zero-order chi connectivity index (χ0) is 27.1. The maximum absolute atomic E-state index is 4.90. The second kappa shape index (κ2) is 11.5. The van der Waals surface area contributed by atoms with E-state index < -0.39 is 0 Å². The fourth-order valence-corrected chi connectivity index (χ4v) is 4.65. The molecule has 0 aliphatic carbocycles. The minimum Gasteiger partial charge on any atom is -0.311 e. The first-order valence-corrected chi connectivity index (χ1v) is 13.3. The maximum Gasteiger partial charge on any atom is 0.176 e. The van der Waals surface area contributed by atoms with E-state index in [9.17, 15) is 0 Å². The molecular weight excluding hydrogens is 490 g/mol. The third-order valence-corrected chi connectivity index (χ3v) is 6.60. The van der Waals surface area contributed by atoms with Crippen molar-refractivity contribution in [1.82, 2.24) is 9.78 Å². The summed E-state index contributed by atoms with van der Waals surface area (Å²) < 4.78 is 1.94. The summed E-state index contributed by atoms with van der Waals surface area (Å²) in [5.74, 6) is 0.750. The second-order valence-electron chi connectivity index (χ2n) is 9.38. The molecule has 1 aromatic heterocycles. The molecule has 5 nitrogen and oxygen atoms in total. The van der Waals surface area contributed by atoms with Gasteiger partial charge in [-0.15, -0.1) is 5.10 Å². The Morgan fingerprint density at radius 3 is 1.60 bits per heavy atom. The van der Waals surface area contributed by atoms with Crippen molar-refractivity contribution >= 4 is 34.8 Å². The van der Waals surface area contributed by atoms with E-state index >= 15 is 0 Å². The number of benzene rings is 5. The van der Waals surface area contributed by atoms with Crippen LogP contribution in [0.1, 0.15) is 11.3 Å². The first-order valence-electron chi connectivity index (χ1n) is 13.3. The third kappa shape index (κ3) is 5.40. The van der Waals surface area contributed by atoms with Crippen molar-refractivity contribution in [1.29, 1.82) is 0 Å². The lowest BCUT2D eigenvalue weighted by Crippen LogP contribution is -2.11. The predicted octanol–water partition coefficient (Wildman–Crippen LogP) is 8.82. The van der Waals surface area contributed by atoms with Crippen LogP contribution in [0, 0.1) is 6.92 Å². The van der Waals surface area contributed by atoms with Gasteiger partial charge in [0.2, 0.25) is 0 Å². The van der Waals surface area contributed by atoms with Crippen LogP contribution in [0.4, 0.5) is 28.6 Å². The zero-order valence-electron chi connectivity index (χ0n) is 22.2. The number of para-hydroxylation sites is 4. The molecule has 0 fully saturated rings. The van der Waals surface area contributed by atoms with Gasteiger partial charge in [0, 0.05) is 28.8 Å². The van der Waals surface area contributed by atoms with Crippen LogP contribution in [0.2, 0.25) is 0 Å². The third-order valence-electron chi connectivity index (χ3n) is 6.60. The molecule has 0 spiro atoms. The van der Waals surface area contributed by atoms with Crippen LogP contribution >= 0.6 is 0 Å². The van der Waals surface area contributed by atoms with E-state index in [1.807, 2.05) is 76.6 Å². The van der Waals surface area contributed by atoms with Crippen LogP contribution in [0.15, 0.2) is 157 Å². The Morgan fingerprint density at radius 1 is 0.575 bits per heavy atom. The number of anilines is 5. The summed E-state index contributed by atoms with van der Waals surface area (Å²) in [5, 5.41) is 11.7. The lowest BCUT2D eigenvalue weighted by atomic mass is 10.1. The van der Waals surface area contributed by atoms with Crippen LogP contribution in [-0.4, -0.2) is 16.0 Å². The maximum atomic E-state index is 4.90.